The summed E-state index contributed by atoms with van der Waals surface area (Å²) >= 11 is 5.55. The average Bonchev–Trinajstić information content (AvgIpc) is 2.41. The van der Waals surface area contributed by atoms with Gasteiger partial charge in [0, 0.05) is 5.56 Å². The van der Waals surface area contributed by atoms with Gasteiger partial charge in [-0.05, 0) is 36.4 Å². The Morgan fingerprint density at radius 1 is 1.10 bits per heavy atom. The molecule has 2 aromatic rings. The highest BCUT2D eigenvalue weighted by molar-refractivity contribution is 7.92. The molecular formula is C11H9ClN4O3S. The number of hydrogen-bond donors (Lipinski definition) is 2. The Kier molecular flexibility index (Phi) is 3.86. The summed E-state index contributed by atoms with van der Waals surface area (Å²) in [4.78, 5) is 10.9. The molecule has 2 rings (SSSR count). The number of anilines is 1. The molecule has 3 N–H and O–H groups in total. The van der Waals surface area contributed by atoms with Gasteiger partial charge in [0.05, 0.1) is 4.90 Å². The van der Waals surface area contributed by atoms with Gasteiger partial charge in [-0.3, -0.25) is 9.52 Å². The van der Waals surface area contributed by atoms with Crippen molar-refractivity contribution < 1.29 is 13.2 Å². The van der Waals surface area contributed by atoms with Crippen LogP contribution in [0.3, 0.4) is 0 Å². The molecule has 1 heterocycles. The van der Waals surface area contributed by atoms with E-state index in [1.807, 2.05) is 0 Å². The van der Waals surface area contributed by atoms with Crippen LogP contribution in [0.1, 0.15) is 10.4 Å². The highest BCUT2D eigenvalue weighted by Gasteiger charge is 2.15. The van der Waals surface area contributed by atoms with Gasteiger partial charge in [-0.1, -0.05) is 11.6 Å². The maximum Gasteiger partial charge on any atom is 0.263 e. The lowest BCUT2D eigenvalue weighted by Crippen LogP contribution is -2.15. The molecule has 0 fully saturated rings. The first-order chi connectivity index (χ1) is 9.38. The number of nitrogens with two attached hydrogens (primary N) is 1. The minimum absolute atomic E-state index is 0.0285. The van der Waals surface area contributed by atoms with Gasteiger partial charge in [0.15, 0.2) is 11.0 Å². The molecule has 0 aliphatic heterocycles. The second-order valence-electron chi connectivity index (χ2n) is 3.74. The molecule has 0 saturated carbocycles. The van der Waals surface area contributed by atoms with Gasteiger partial charge >= 0.3 is 0 Å². The van der Waals surface area contributed by atoms with E-state index in [4.69, 9.17) is 17.3 Å². The largest absolute Gasteiger partial charge is 0.366 e. The first-order valence-corrected chi connectivity index (χ1v) is 7.16. The number of nitrogens with zero attached hydrogens (tertiary/aromatic N) is 2. The van der Waals surface area contributed by atoms with E-state index < -0.39 is 15.9 Å². The highest BCUT2D eigenvalue weighted by atomic mass is 35.5. The number of nitrogens with one attached hydrogen (secondary N) is 1. The molecule has 0 unspecified atom stereocenters. The van der Waals surface area contributed by atoms with Crippen molar-refractivity contribution in [2.45, 2.75) is 4.90 Å². The van der Waals surface area contributed by atoms with Crippen LogP contribution in [0.15, 0.2) is 41.3 Å². The van der Waals surface area contributed by atoms with Crippen molar-refractivity contribution in [3.63, 3.8) is 0 Å². The van der Waals surface area contributed by atoms with E-state index in [9.17, 15) is 13.2 Å². The lowest BCUT2D eigenvalue weighted by molar-refractivity contribution is 0.1000. The van der Waals surface area contributed by atoms with Crippen LogP contribution in [0, 0.1) is 0 Å². The predicted octanol–water partition coefficient (Wildman–Crippen LogP) is 1.03. The number of sulfonamides is 1. The Bertz CT molecular complexity index is 729. The first kappa shape index (κ1) is 14.2. The van der Waals surface area contributed by atoms with Crippen molar-refractivity contribution in [1.29, 1.82) is 0 Å². The first-order valence-electron chi connectivity index (χ1n) is 5.30. The van der Waals surface area contributed by atoms with Crippen LogP contribution in [0.4, 0.5) is 5.82 Å². The molecule has 7 nitrogen and oxygen atoms in total. The van der Waals surface area contributed by atoms with Gasteiger partial charge in [0.25, 0.3) is 10.0 Å². The molecule has 0 radical (unpaired) electrons. The van der Waals surface area contributed by atoms with Crippen LogP contribution in [0.2, 0.25) is 5.15 Å². The number of primary amides is 1. The molecule has 20 heavy (non-hydrogen) atoms. The van der Waals surface area contributed by atoms with Gasteiger partial charge in [-0.2, -0.15) is 0 Å². The Labute approximate surface area is 119 Å². The molecule has 1 amide bonds. The fourth-order valence-corrected chi connectivity index (χ4v) is 2.46. The lowest BCUT2D eigenvalue weighted by Gasteiger charge is -2.07. The molecule has 0 saturated heterocycles. The Morgan fingerprint density at radius 3 is 2.25 bits per heavy atom. The SMILES string of the molecule is NC(=O)c1ccc(S(=O)(=O)Nc2ccc(Cl)nn2)cc1. The topological polar surface area (TPSA) is 115 Å². The van der Waals surface area contributed by atoms with Crippen molar-refractivity contribution in [2.24, 2.45) is 5.73 Å². The van der Waals surface area contributed by atoms with Gasteiger partial charge in [0.1, 0.15) is 0 Å². The molecule has 104 valence electrons. The fourth-order valence-electron chi connectivity index (χ4n) is 1.37. The zero-order valence-electron chi connectivity index (χ0n) is 9.95. The van der Waals surface area contributed by atoms with Gasteiger partial charge < -0.3 is 5.73 Å². The number of hydrogen-bond acceptors (Lipinski definition) is 5. The Balaban J connectivity index is 2.26. The normalized spacial score (nSPS) is 11.1. The summed E-state index contributed by atoms with van der Waals surface area (Å²) in [5.74, 6) is -0.598. The summed E-state index contributed by atoms with van der Waals surface area (Å²) in [6.45, 7) is 0. The summed E-state index contributed by atoms with van der Waals surface area (Å²) < 4.78 is 26.3. The monoisotopic (exact) mass is 312 g/mol. The third kappa shape index (κ3) is 3.22. The van der Waals surface area contributed by atoms with Gasteiger partial charge in [-0.25, -0.2) is 8.42 Å². The van der Waals surface area contributed by atoms with Crippen LogP contribution in [0.5, 0.6) is 0 Å². The zero-order chi connectivity index (χ0) is 14.8. The number of rotatable bonds is 4. The van der Waals surface area contributed by atoms with E-state index >= 15 is 0 Å². The number of carbonyl (C=O) groups is 1. The standard InChI is InChI=1S/C11H9ClN4O3S/c12-9-5-6-10(15-14-9)16-20(18,19)8-3-1-7(2-4-8)11(13)17/h1-6H,(H2,13,17)(H,15,16). The highest BCUT2D eigenvalue weighted by Crippen LogP contribution is 2.15. The quantitative estimate of drug-likeness (QED) is 0.875. The number of halogens is 1. The summed E-state index contributed by atoms with van der Waals surface area (Å²) in [6.07, 6.45) is 0. The fraction of sp³-hybridized carbons (Fsp3) is 0. The van der Waals surface area contributed by atoms with Crippen LogP contribution in [0.25, 0.3) is 0 Å². The third-order valence-electron chi connectivity index (χ3n) is 2.32. The summed E-state index contributed by atoms with van der Waals surface area (Å²) in [6, 6.07) is 7.97. The Morgan fingerprint density at radius 2 is 1.75 bits per heavy atom. The molecule has 1 aromatic carbocycles. The smallest absolute Gasteiger partial charge is 0.263 e. The van der Waals surface area contributed by atoms with Crippen molar-refractivity contribution in [2.75, 3.05) is 4.72 Å². The molecule has 1 aromatic heterocycles. The molecule has 0 atom stereocenters. The zero-order valence-corrected chi connectivity index (χ0v) is 11.5. The Hall–Kier alpha value is -2.19. The number of benzene rings is 1. The van der Waals surface area contributed by atoms with Crippen LogP contribution in [-0.2, 0) is 10.0 Å². The molecule has 0 aliphatic rings. The second-order valence-corrected chi connectivity index (χ2v) is 5.81. The summed E-state index contributed by atoms with van der Waals surface area (Å²) in [7, 11) is -3.82. The molecule has 9 heteroatoms. The van der Waals surface area contributed by atoms with E-state index in [0.717, 1.165) is 0 Å². The van der Waals surface area contributed by atoms with Crippen molar-refractivity contribution in [1.82, 2.24) is 10.2 Å². The third-order valence-corrected chi connectivity index (χ3v) is 3.89. The molecule has 0 aliphatic carbocycles. The van der Waals surface area contributed by atoms with E-state index in [1.165, 1.54) is 36.4 Å². The maximum atomic E-state index is 12.0. The van der Waals surface area contributed by atoms with E-state index in [2.05, 4.69) is 14.9 Å². The minimum atomic E-state index is -3.82. The molecule has 0 bridgehead atoms. The number of amides is 1. The maximum absolute atomic E-state index is 12.0. The molecular weight excluding hydrogens is 304 g/mol. The predicted molar refractivity (Wildman–Crippen MR) is 72.8 cm³/mol. The molecule has 0 spiro atoms. The lowest BCUT2D eigenvalue weighted by atomic mass is 10.2. The van der Waals surface area contributed by atoms with E-state index in [-0.39, 0.29) is 21.4 Å². The average molecular weight is 313 g/mol. The van der Waals surface area contributed by atoms with Gasteiger partial charge in [0.2, 0.25) is 5.91 Å². The van der Waals surface area contributed by atoms with Crippen LogP contribution >= 0.6 is 11.6 Å². The van der Waals surface area contributed by atoms with Gasteiger partial charge in [-0.15, -0.1) is 10.2 Å². The second kappa shape index (κ2) is 5.43. The number of carbonyl (C=O) groups excluding carboxylic acids is 1. The van der Waals surface area contributed by atoms with E-state index in [0.29, 0.717) is 0 Å². The van der Waals surface area contributed by atoms with E-state index in [1.54, 1.807) is 0 Å². The number of aromatic nitrogens is 2. The summed E-state index contributed by atoms with van der Waals surface area (Å²) in [5.41, 5.74) is 5.29. The minimum Gasteiger partial charge on any atom is -0.366 e. The van der Waals surface area contributed by atoms with Crippen LogP contribution in [-0.4, -0.2) is 24.5 Å². The van der Waals surface area contributed by atoms with Crippen molar-refractivity contribution >= 4 is 33.3 Å². The van der Waals surface area contributed by atoms with Crippen molar-refractivity contribution in [3.8, 4) is 0 Å². The van der Waals surface area contributed by atoms with Crippen LogP contribution < -0.4 is 10.5 Å². The van der Waals surface area contributed by atoms with Crippen molar-refractivity contribution in [3.05, 3.63) is 47.1 Å². The summed E-state index contributed by atoms with van der Waals surface area (Å²) in [5, 5.41) is 7.26.